The Morgan fingerprint density at radius 2 is 1.89 bits per heavy atom. The number of primary amides is 1. The molecule has 0 fully saturated rings. The van der Waals surface area contributed by atoms with Gasteiger partial charge in [0.05, 0.1) is 4.90 Å². The zero-order chi connectivity index (χ0) is 13.3. The lowest BCUT2D eigenvalue weighted by atomic mass is 10.2. The molecular formula is C11H10N2O4S. The summed E-state index contributed by atoms with van der Waals surface area (Å²) in [5, 5.41) is 5.02. The summed E-state index contributed by atoms with van der Waals surface area (Å²) in [7, 11) is -3.78. The quantitative estimate of drug-likeness (QED) is 0.850. The molecule has 1 amide bonds. The van der Waals surface area contributed by atoms with E-state index >= 15 is 0 Å². The third-order valence-corrected chi connectivity index (χ3v) is 3.21. The SMILES string of the molecule is NC(=O)c1ccc(-c2cccc(S(N)(=O)=O)c2)o1. The lowest BCUT2D eigenvalue weighted by molar-refractivity contribution is 0.0974. The van der Waals surface area contributed by atoms with Gasteiger partial charge in [0.15, 0.2) is 5.76 Å². The van der Waals surface area contributed by atoms with Crippen molar-refractivity contribution in [2.75, 3.05) is 0 Å². The number of nitrogens with two attached hydrogens (primary N) is 2. The van der Waals surface area contributed by atoms with Gasteiger partial charge in [0.25, 0.3) is 5.91 Å². The molecule has 0 aliphatic rings. The van der Waals surface area contributed by atoms with Gasteiger partial charge in [-0.3, -0.25) is 4.79 Å². The fourth-order valence-electron chi connectivity index (χ4n) is 1.45. The van der Waals surface area contributed by atoms with Gasteiger partial charge in [-0.25, -0.2) is 13.6 Å². The minimum absolute atomic E-state index is 0.00556. The maximum absolute atomic E-state index is 11.2. The standard InChI is InChI=1S/C11H10N2O4S/c12-11(14)10-5-4-9(17-10)7-2-1-3-8(6-7)18(13,15)16/h1-6H,(H2,12,14)(H2,13,15,16). The molecule has 94 valence electrons. The Hall–Kier alpha value is -2.12. The second kappa shape index (κ2) is 4.28. The number of rotatable bonds is 3. The summed E-state index contributed by atoms with van der Waals surface area (Å²) < 4.78 is 27.6. The molecule has 1 heterocycles. The first-order valence-corrected chi connectivity index (χ1v) is 6.45. The lowest BCUT2D eigenvalue weighted by Crippen LogP contribution is -2.11. The van der Waals surface area contributed by atoms with Crippen LogP contribution in [0.3, 0.4) is 0 Å². The average molecular weight is 266 g/mol. The fourth-order valence-corrected chi connectivity index (χ4v) is 2.01. The highest BCUT2D eigenvalue weighted by molar-refractivity contribution is 7.89. The number of benzene rings is 1. The van der Waals surface area contributed by atoms with E-state index in [1.165, 1.54) is 30.3 Å². The largest absolute Gasteiger partial charge is 0.451 e. The maximum Gasteiger partial charge on any atom is 0.284 e. The summed E-state index contributed by atoms with van der Waals surface area (Å²) in [6, 6.07) is 8.85. The molecule has 0 bridgehead atoms. The van der Waals surface area contributed by atoms with Crippen LogP contribution in [0.2, 0.25) is 0 Å². The van der Waals surface area contributed by atoms with Crippen molar-refractivity contribution in [3.63, 3.8) is 0 Å². The van der Waals surface area contributed by atoms with Crippen LogP contribution in [0.4, 0.5) is 0 Å². The Bertz CT molecular complexity index is 703. The summed E-state index contributed by atoms with van der Waals surface area (Å²) in [4.78, 5) is 10.9. The number of furan rings is 1. The van der Waals surface area contributed by atoms with Crippen LogP contribution < -0.4 is 10.9 Å². The van der Waals surface area contributed by atoms with Crippen LogP contribution in [-0.4, -0.2) is 14.3 Å². The molecule has 0 spiro atoms. The van der Waals surface area contributed by atoms with Crippen molar-refractivity contribution in [2.24, 2.45) is 10.9 Å². The monoisotopic (exact) mass is 266 g/mol. The molecule has 18 heavy (non-hydrogen) atoms. The zero-order valence-electron chi connectivity index (χ0n) is 9.16. The van der Waals surface area contributed by atoms with Gasteiger partial charge in [0.1, 0.15) is 5.76 Å². The highest BCUT2D eigenvalue weighted by atomic mass is 32.2. The molecule has 0 aliphatic carbocycles. The molecule has 0 saturated heterocycles. The van der Waals surface area contributed by atoms with Gasteiger partial charge in [0, 0.05) is 5.56 Å². The van der Waals surface area contributed by atoms with E-state index in [9.17, 15) is 13.2 Å². The molecule has 4 N–H and O–H groups in total. The number of primary sulfonamides is 1. The van der Waals surface area contributed by atoms with Crippen molar-refractivity contribution in [1.29, 1.82) is 0 Å². The van der Waals surface area contributed by atoms with E-state index in [-0.39, 0.29) is 10.7 Å². The van der Waals surface area contributed by atoms with Crippen LogP contribution in [-0.2, 0) is 10.0 Å². The van der Waals surface area contributed by atoms with Crippen molar-refractivity contribution in [3.05, 3.63) is 42.2 Å². The first-order valence-electron chi connectivity index (χ1n) is 4.91. The molecule has 7 heteroatoms. The molecule has 0 unspecified atom stereocenters. The van der Waals surface area contributed by atoms with E-state index in [2.05, 4.69) is 0 Å². The van der Waals surface area contributed by atoms with E-state index in [0.29, 0.717) is 11.3 Å². The topological polar surface area (TPSA) is 116 Å². The molecule has 0 atom stereocenters. The predicted octanol–water partition coefficient (Wildman–Crippen LogP) is 0.693. The van der Waals surface area contributed by atoms with Gasteiger partial charge >= 0.3 is 0 Å². The normalized spacial score (nSPS) is 11.4. The molecule has 1 aromatic heterocycles. The van der Waals surface area contributed by atoms with E-state index in [4.69, 9.17) is 15.3 Å². The zero-order valence-corrected chi connectivity index (χ0v) is 9.98. The maximum atomic E-state index is 11.2. The number of carbonyl (C=O) groups is 1. The second-order valence-corrected chi connectivity index (χ2v) is 5.16. The third kappa shape index (κ3) is 2.41. The Balaban J connectivity index is 2.48. The predicted molar refractivity (Wildman–Crippen MR) is 64.0 cm³/mol. The minimum atomic E-state index is -3.78. The smallest absolute Gasteiger partial charge is 0.284 e. The summed E-state index contributed by atoms with van der Waals surface area (Å²) in [5.41, 5.74) is 5.55. The highest BCUT2D eigenvalue weighted by Crippen LogP contribution is 2.24. The first kappa shape index (κ1) is 12.3. The molecule has 0 saturated carbocycles. The van der Waals surface area contributed by atoms with Gasteiger partial charge in [-0.15, -0.1) is 0 Å². The van der Waals surface area contributed by atoms with E-state index < -0.39 is 15.9 Å². The number of hydrogen-bond donors (Lipinski definition) is 2. The lowest BCUT2D eigenvalue weighted by Gasteiger charge is -2.01. The number of hydrogen-bond acceptors (Lipinski definition) is 4. The third-order valence-electron chi connectivity index (χ3n) is 2.30. The van der Waals surface area contributed by atoms with Crippen LogP contribution in [0.25, 0.3) is 11.3 Å². The van der Waals surface area contributed by atoms with Gasteiger partial charge in [-0.1, -0.05) is 12.1 Å². The van der Waals surface area contributed by atoms with E-state index in [1.54, 1.807) is 6.07 Å². The van der Waals surface area contributed by atoms with Crippen molar-refractivity contribution < 1.29 is 17.6 Å². The molecule has 6 nitrogen and oxygen atoms in total. The second-order valence-electron chi connectivity index (χ2n) is 3.60. The van der Waals surface area contributed by atoms with Crippen molar-refractivity contribution in [3.8, 4) is 11.3 Å². The summed E-state index contributed by atoms with van der Waals surface area (Å²) in [5.74, 6) is -0.343. The molecule has 2 aromatic rings. The first-order chi connectivity index (χ1) is 8.38. The fraction of sp³-hybridized carbons (Fsp3) is 0. The van der Waals surface area contributed by atoms with Gasteiger partial charge < -0.3 is 10.2 Å². The Morgan fingerprint density at radius 3 is 2.44 bits per heavy atom. The van der Waals surface area contributed by atoms with Crippen molar-refractivity contribution in [2.45, 2.75) is 4.90 Å². The van der Waals surface area contributed by atoms with Crippen LogP contribution in [0.5, 0.6) is 0 Å². The minimum Gasteiger partial charge on any atom is -0.451 e. The molecule has 2 rings (SSSR count). The summed E-state index contributed by atoms with van der Waals surface area (Å²) in [6.45, 7) is 0. The number of carbonyl (C=O) groups excluding carboxylic acids is 1. The van der Waals surface area contributed by atoms with E-state index in [0.717, 1.165) is 0 Å². The molecule has 0 aliphatic heterocycles. The van der Waals surface area contributed by atoms with Crippen molar-refractivity contribution in [1.82, 2.24) is 0 Å². The van der Waals surface area contributed by atoms with Gasteiger partial charge in [-0.05, 0) is 24.3 Å². The summed E-state index contributed by atoms with van der Waals surface area (Å²) >= 11 is 0. The van der Waals surface area contributed by atoms with Gasteiger partial charge in [0.2, 0.25) is 10.0 Å². The van der Waals surface area contributed by atoms with Crippen LogP contribution in [0, 0.1) is 0 Å². The van der Waals surface area contributed by atoms with Gasteiger partial charge in [-0.2, -0.15) is 0 Å². The van der Waals surface area contributed by atoms with Crippen molar-refractivity contribution >= 4 is 15.9 Å². The number of amides is 1. The average Bonchev–Trinajstić information content (AvgIpc) is 2.77. The molecule has 1 aromatic carbocycles. The van der Waals surface area contributed by atoms with Crippen LogP contribution >= 0.6 is 0 Å². The Morgan fingerprint density at radius 1 is 1.17 bits per heavy atom. The Labute approximate surface area is 103 Å². The number of sulfonamides is 1. The van der Waals surface area contributed by atoms with E-state index in [1.807, 2.05) is 0 Å². The molecular weight excluding hydrogens is 256 g/mol. The summed E-state index contributed by atoms with van der Waals surface area (Å²) in [6.07, 6.45) is 0. The molecule has 0 radical (unpaired) electrons. The van der Waals surface area contributed by atoms with Crippen LogP contribution in [0.15, 0.2) is 45.7 Å². The highest BCUT2D eigenvalue weighted by Gasteiger charge is 2.12. The van der Waals surface area contributed by atoms with Crippen LogP contribution in [0.1, 0.15) is 10.6 Å². The Kier molecular flexibility index (Phi) is 2.93.